The van der Waals surface area contributed by atoms with Crippen molar-refractivity contribution in [3.05, 3.63) is 89.4 Å². The van der Waals surface area contributed by atoms with Crippen molar-refractivity contribution in [3.63, 3.8) is 0 Å². The van der Waals surface area contributed by atoms with Crippen LogP contribution in [0.25, 0.3) is 11.3 Å². The fourth-order valence-electron chi connectivity index (χ4n) is 4.43. The Hall–Kier alpha value is -4.12. The lowest BCUT2D eigenvalue weighted by Crippen LogP contribution is -2.32. The van der Waals surface area contributed by atoms with E-state index in [1.807, 2.05) is 0 Å². The van der Waals surface area contributed by atoms with Gasteiger partial charge in [-0.25, -0.2) is 17.2 Å². The van der Waals surface area contributed by atoms with E-state index < -0.39 is 27.4 Å². The predicted molar refractivity (Wildman–Crippen MR) is 139 cm³/mol. The van der Waals surface area contributed by atoms with Gasteiger partial charge in [0.2, 0.25) is 0 Å². The van der Waals surface area contributed by atoms with Crippen LogP contribution in [0.2, 0.25) is 0 Å². The highest BCUT2D eigenvalue weighted by Crippen LogP contribution is 2.39. The molecule has 38 heavy (non-hydrogen) atoms. The molecular formula is C27H25F2N5O3S. The van der Waals surface area contributed by atoms with Gasteiger partial charge in [-0.1, -0.05) is 0 Å². The van der Waals surface area contributed by atoms with Gasteiger partial charge in [0, 0.05) is 43.0 Å². The van der Waals surface area contributed by atoms with Crippen LogP contribution in [-0.2, 0) is 23.4 Å². The van der Waals surface area contributed by atoms with E-state index in [9.17, 15) is 17.6 Å². The van der Waals surface area contributed by atoms with E-state index in [0.717, 1.165) is 36.9 Å². The Morgan fingerprint density at radius 3 is 2.47 bits per heavy atom. The van der Waals surface area contributed by atoms with Crippen LogP contribution in [-0.4, -0.2) is 35.3 Å². The van der Waals surface area contributed by atoms with Crippen LogP contribution in [0.15, 0.2) is 65.8 Å². The molecule has 0 unspecified atom stereocenters. The Morgan fingerprint density at radius 1 is 1.13 bits per heavy atom. The van der Waals surface area contributed by atoms with E-state index in [0.29, 0.717) is 17.2 Å². The molecule has 2 aromatic heterocycles. The van der Waals surface area contributed by atoms with Gasteiger partial charge in [-0.05, 0) is 66.9 Å². The molecule has 2 aromatic carbocycles. The lowest BCUT2D eigenvalue weighted by atomic mass is 10.0. The lowest BCUT2D eigenvalue weighted by molar-refractivity contribution is 0.0984. The summed E-state index contributed by atoms with van der Waals surface area (Å²) in [5.74, 6) is -1.60. The first-order valence-electron chi connectivity index (χ1n) is 11.9. The van der Waals surface area contributed by atoms with Gasteiger partial charge in [0.15, 0.2) is 9.84 Å². The van der Waals surface area contributed by atoms with Crippen LogP contribution in [0.3, 0.4) is 0 Å². The minimum Gasteiger partial charge on any atom is -0.398 e. The van der Waals surface area contributed by atoms with Crippen molar-refractivity contribution < 1.29 is 22.0 Å². The summed E-state index contributed by atoms with van der Waals surface area (Å²) < 4.78 is 56.0. The number of sulfone groups is 1. The smallest absolute Gasteiger partial charge is 0.260 e. The molecule has 5 rings (SSSR count). The Bertz CT molecular complexity index is 1620. The highest BCUT2D eigenvalue weighted by Gasteiger charge is 2.28. The molecule has 1 aliphatic carbocycles. The fourth-order valence-corrected chi connectivity index (χ4v) is 5.32. The van der Waals surface area contributed by atoms with Gasteiger partial charge in [-0.2, -0.15) is 5.10 Å². The average molecular weight is 538 g/mol. The van der Waals surface area contributed by atoms with Crippen LogP contribution >= 0.6 is 0 Å². The largest absolute Gasteiger partial charge is 0.398 e. The molecule has 1 amide bonds. The second-order valence-electron chi connectivity index (χ2n) is 9.40. The topological polar surface area (TPSA) is 111 Å². The summed E-state index contributed by atoms with van der Waals surface area (Å²) in [5.41, 5.74) is 8.32. The molecule has 1 fully saturated rings. The molecule has 196 valence electrons. The Kier molecular flexibility index (Phi) is 6.47. The van der Waals surface area contributed by atoms with E-state index in [-0.39, 0.29) is 33.9 Å². The maximum Gasteiger partial charge on any atom is 0.260 e. The number of carbonyl (C=O) groups is 1. The van der Waals surface area contributed by atoms with Crippen molar-refractivity contribution in [3.8, 4) is 11.3 Å². The first-order valence-corrected chi connectivity index (χ1v) is 13.8. The highest BCUT2D eigenvalue weighted by molar-refractivity contribution is 7.90. The summed E-state index contributed by atoms with van der Waals surface area (Å²) in [4.78, 5) is 18.9. The van der Waals surface area contributed by atoms with Crippen molar-refractivity contribution >= 4 is 27.1 Å². The third-order valence-electron chi connectivity index (χ3n) is 6.48. The van der Waals surface area contributed by atoms with Crippen LogP contribution in [0.1, 0.15) is 40.4 Å². The number of nitrogens with two attached hydrogens (primary N) is 1. The number of nitrogen functional groups attached to an aromatic ring is 1. The van der Waals surface area contributed by atoms with Gasteiger partial charge in [-0.15, -0.1) is 0 Å². The molecule has 0 aliphatic heterocycles. The minimum absolute atomic E-state index is 0.0418. The fraction of sp³-hybridized carbons (Fsp3) is 0.222. The number of carbonyl (C=O) groups excluding carboxylic acids is 1. The molecule has 0 bridgehead atoms. The Labute approximate surface area is 218 Å². The molecule has 0 atom stereocenters. The normalized spacial score (nSPS) is 13.5. The van der Waals surface area contributed by atoms with Gasteiger partial charge in [0.1, 0.15) is 11.6 Å². The van der Waals surface area contributed by atoms with Crippen LogP contribution in [0.4, 0.5) is 20.2 Å². The van der Waals surface area contributed by atoms with Gasteiger partial charge in [0.25, 0.3) is 5.91 Å². The summed E-state index contributed by atoms with van der Waals surface area (Å²) >= 11 is 0. The van der Waals surface area contributed by atoms with Gasteiger partial charge in [0.05, 0.1) is 33.9 Å². The maximum atomic E-state index is 15.3. The molecule has 1 aliphatic rings. The molecule has 11 heteroatoms. The molecule has 0 radical (unpaired) electrons. The number of nitrogens with zero attached hydrogens (tertiary/aromatic N) is 4. The van der Waals surface area contributed by atoms with E-state index in [2.05, 4.69) is 10.1 Å². The number of anilines is 2. The van der Waals surface area contributed by atoms with Crippen LogP contribution < -0.4 is 10.6 Å². The van der Waals surface area contributed by atoms with Crippen molar-refractivity contribution in [1.29, 1.82) is 0 Å². The zero-order valence-corrected chi connectivity index (χ0v) is 21.5. The van der Waals surface area contributed by atoms with E-state index >= 15 is 4.39 Å². The molecule has 4 aromatic rings. The van der Waals surface area contributed by atoms with Gasteiger partial charge >= 0.3 is 0 Å². The third kappa shape index (κ3) is 5.01. The molecule has 2 N–H and O–H groups in total. The lowest BCUT2D eigenvalue weighted by Gasteiger charge is -2.25. The average Bonchev–Trinajstić information content (AvgIpc) is 3.63. The van der Waals surface area contributed by atoms with Crippen molar-refractivity contribution in [2.45, 2.75) is 30.2 Å². The number of hydrogen-bond acceptors (Lipinski definition) is 6. The number of hydrogen-bond donors (Lipinski definition) is 1. The number of aromatic nitrogens is 3. The highest BCUT2D eigenvalue weighted by atomic mass is 32.2. The summed E-state index contributed by atoms with van der Waals surface area (Å²) in [6, 6.07) is 10.9. The van der Waals surface area contributed by atoms with E-state index in [1.165, 1.54) is 40.2 Å². The summed E-state index contributed by atoms with van der Waals surface area (Å²) in [7, 11) is -2.28. The second-order valence-corrected chi connectivity index (χ2v) is 11.4. The quantitative estimate of drug-likeness (QED) is 0.348. The number of benzene rings is 2. The molecule has 2 heterocycles. The van der Waals surface area contributed by atoms with E-state index in [4.69, 9.17) is 5.73 Å². The van der Waals surface area contributed by atoms with Crippen LogP contribution in [0, 0.1) is 11.6 Å². The third-order valence-corrected chi connectivity index (χ3v) is 7.61. The first kappa shape index (κ1) is 25.5. The minimum atomic E-state index is -3.93. The molecule has 1 saturated carbocycles. The molecule has 8 nitrogen and oxygen atoms in total. The standard InChI is InChI=1S/C27H25F2N5O3S/c1-33-24(9-10-32-33)26-20(29)11-16(12-21(26)30)15-34(23-8-6-19(28)13-25(23)38(2,36)37)27(35)18-5-7-22(31-14-18)17-3-4-17/h5-14,17H,3-4,15,30H2,1-2H3. The monoisotopic (exact) mass is 537 g/mol. The first-order chi connectivity index (χ1) is 18.0. The van der Waals surface area contributed by atoms with Crippen LogP contribution in [0.5, 0.6) is 0 Å². The molecule has 0 spiro atoms. The number of halogens is 2. The van der Waals surface area contributed by atoms with Crippen molar-refractivity contribution in [2.24, 2.45) is 7.05 Å². The molecular weight excluding hydrogens is 512 g/mol. The predicted octanol–water partition coefficient (Wildman–Crippen LogP) is 4.47. The van der Waals surface area contributed by atoms with Crippen molar-refractivity contribution in [2.75, 3.05) is 16.9 Å². The number of rotatable bonds is 7. The number of aryl methyl sites for hydroxylation is 1. The summed E-state index contributed by atoms with van der Waals surface area (Å²) in [6.07, 6.45) is 5.97. The summed E-state index contributed by atoms with van der Waals surface area (Å²) in [6.45, 7) is -0.232. The Morgan fingerprint density at radius 2 is 1.89 bits per heavy atom. The van der Waals surface area contributed by atoms with Gasteiger partial charge < -0.3 is 10.6 Å². The second kappa shape index (κ2) is 9.64. The zero-order valence-electron chi connectivity index (χ0n) is 20.7. The number of pyridine rings is 1. The van der Waals surface area contributed by atoms with Crippen molar-refractivity contribution in [1.82, 2.24) is 14.8 Å². The SMILES string of the molecule is Cn1nccc1-c1c(N)cc(CN(C(=O)c2ccc(C3CC3)nc2)c2ccc(F)cc2S(C)(=O)=O)cc1F. The maximum absolute atomic E-state index is 15.3. The number of amides is 1. The summed E-state index contributed by atoms with van der Waals surface area (Å²) in [5, 5.41) is 4.05. The van der Waals surface area contributed by atoms with E-state index in [1.54, 1.807) is 25.2 Å². The van der Waals surface area contributed by atoms with Gasteiger partial charge in [-0.3, -0.25) is 14.5 Å². The Balaban J connectivity index is 1.59. The zero-order chi connectivity index (χ0) is 27.2. The molecule has 0 saturated heterocycles.